The number of carbonyl (C=O) groups is 3. The van der Waals surface area contributed by atoms with Crippen LogP contribution in [0.3, 0.4) is 0 Å². The molecule has 0 bridgehead atoms. The molecule has 8 nitrogen and oxygen atoms in total. The van der Waals surface area contributed by atoms with Gasteiger partial charge >= 0.3 is 11.9 Å². The van der Waals surface area contributed by atoms with E-state index in [0.29, 0.717) is 39.0 Å². The number of aryl methyl sites for hydroxylation is 1. The van der Waals surface area contributed by atoms with Crippen LogP contribution in [0.15, 0.2) is 30.3 Å². The largest absolute Gasteiger partial charge is 0.480 e. The molecule has 3 rings (SSSR count). The molecule has 0 aliphatic carbocycles. The molecule has 1 aromatic rings. The number of benzene rings is 1. The van der Waals surface area contributed by atoms with E-state index in [1.54, 1.807) is 13.8 Å². The van der Waals surface area contributed by atoms with Gasteiger partial charge in [-0.25, -0.2) is 4.79 Å². The number of amides is 1. The van der Waals surface area contributed by atoms with E-state index >= 15 is 0 Å². The highest BCUT2D eigenvalue weighted by molar-refractivity contribution is 5.88. The summed E-state index contributed by atoms with van der Waals surface area (Å²) >= 11 is 0. The van der Waals surface area contributed by atoms with E-state index in [9.17, 15) is 19.5 Å². The van der Waals surface area contributed by atoms with E-state index in [2.05, 4.69) is 5.32 Å². The van der Waals surface area contributed by atoms with Crippen LogP contribution in [0.1, 0.15) is 51.5 Å². The summed E-state index contributed by atoms with van der Waals surface area (Å²) in [5.41, 5.74) is 1.02. The van der Waals surface area contributed by atoms with Crippen molar-refractivity contribution in [1.82, 2.24) is 10.2 Å². The fourth-order valence-electron chi connectivity index (χ4n) is 4.97. The topological polar surface area (TPSA) is 105 Å². The van der Waals surface area contributed by atoms with Gasteiger partial charge in [0.25, 0.3) is 0 Å². The summed E-state index contributed by atoms with van der Waals surface area (Å²) in [6.45, 7) is 5.37. The number of nitrogens with one attached hydrogen (secondary N) is 1. The van der Waals surface area contributed by atoms with Crippen molar-refractivity contribution in [2.75, 3.05) is 26.4 Å². The molecule has 2 N–H and O–H groups in total. The van der Waals surface area contributed by atoms with Gasteiger partial charge in [0, 0.05) is 19.8 Å². The van der Waals surface area contributed by atoms with Crippen LogP contribution in [0.2, 0.25) is 0 Å². The van der Waals surface area contributed by atoms with Crippen molar-refractivity contribution in [3.63, 3.8) is 0 Å². The number of hydrogen-bond acceptors (Lipinski definition) is 6. The lowest BCUT2D eigenvalue weighted by atomic mass is 9.70. The second-order valence-corrected chi connectivity index (χ2v) is 9.17. The standard InChI is InChI=1S/C25H36N2O6/c1-3-33-24(31)20(10-9-19-7-5-4-6-8-19)26-18(2)22(28)27-14-11-25(12-15-32-16-13-25)17-21(27)23(29)30/h4-8,18,20-21,26H,3,9-17H2,1-2H3,(H,29,30)/t18-,20?,21?/m0/s1. The Morgan fingerprint density at radius 2 is 1.91 bits per heavy atom. The van der Waals surface area contributed by atoms with Crippen molar-refractivity contribution in [3.8, 4) is 0 Å². The molecule has 33 heavy (non-hydrogen) atoms. The minimum absolute atomic E-state index is 0.0715. The Morgan fingerprint density at radius 1 is 1.21 bits per heavy atom. The molecule has 2 aliphatic heterocycles. The summed E-state index contributed by atoms with van der Waals surface area (Å²) in [6.07, 6.45) is 4.01. The van der Waals surface area contributed by atoms with Gasteiger partial charge in [0.2, 0.25) is 5.91 Å². The van der Waals surface area contributed by atoms with E-state index in [-0.39, 0.29) is 17.9 Å². The lowest BCUT2D eigenvalue weighted by Crippen LogP contribution is -2.59. The predicted molar refractivity (Wildman–Crippen MR) is 123 cm³/mol. The maximum atomic E-state index is 13.3. The van der Waals surface area contributed by atoms with Gasteiger partial charge in [-0.05, 0) is 63.4 Å². The smallest absolute Gasteiger partial charge is 0.326 e. The summed E-state index contributed by atoms with van der Waals surface area (Å²) in [7, 11) is 0. The van der Waals surface area contributed by atoms with Crippen molar-refractivity contribution in [2.24, 2.45) is 5.41 Å². The summed E-state index contributed by atoms with van der Waals surface area (Å²) in [5.74, 6) is -1.67. The first kappa shape index (κ1) is 25.2. The Hall–Kier alpha value is -2.45. The minimum Gasteiger partial charge on any atom is -0.480 e. The number of ether oxygens (including phenoxy) is 2. The Labute approximate surface area is 195 Å². The van der Waals surface area contributed by atoms with E-state index in [0.717, 1.165) is 24.8 Å². The van der Waals surface area contributed by atoms with Gasteiger partial charge in [-0.3, -0.25) is 14.9 Å². The number of nitrogens with zero attached hydrogens (tertiary/aromatic N) is 1. The zero-order chi connectivity index (χ0) is 23.8. The van der Waals surface area contributed by atoms with E-state index in [1.165, 1.54) is 4.90 Å². The highest BCUT2D eigenvalue weighted by Crippen LogP contribution is 2.43. The molecule has 0 radical (unpaired) electrons. The van der Waals surface area contributed by atoms with Gasteiger partial charge in [-0.15, -0.1) is 0 Å². The van der Waals surface area contributed by atoms with Gasteiger partial charge < -0.3 is 19.5 Å². The molecular formula is C25H36N2O6. The zero-order valence-electron chi connectivity index (χ0n) is 19.6. The predicted octanol–water partition coefficient (Wildman–Crippen LogP) is 2.40. The lowest BCUT2D eigenvalue weighted by molar-refractivity contribution is -0.158. The van der Waals surface area contributed by atoms with Gasteiger partial charge in [-0.1, -0.05) is 30.3 Å². The number of aliphatic carboxylic acids is 1. The van der Waals surface area contributed by atoms with Crippen LogP contribution in [-0.4, -0.2) is 72.3 Å². The van der Waals surface area contributed by atoms with Crippen LogP contribution in [0, 0.1) is 5.41 Å². The third-order valence-electron chi connectivity index (χ3n) is 6.96. The van der Waals surface area contributed by atoms with Gasteiger partial charge in [0.15, 0.2) is 0 Å². The molecule has 8 heteroatoms. The third-order valence-corrected chi connectivity index (χ3v) is 6.96. The highest BCUT2D eigenvalue weighted by Gasteiger charge is 2.46. The third kappa shape index (κ3) is 6.54. The first-order valence-electron chi connectivity index (χ1n) is 11.9. The van der Waals surface area contributed by atoms with Crippen LogP contribution >= 0.6 is 0 Å². The molecule has 182 valence electrons. The summed E-state index contributed by atoms with van der Waals surface area (Å²) in [4.78, 5) is 39.4. The van der Waals surface area contributed by atoms with Crippen LogP contribution in [0.25, 0.3) is 0 Å². The average Bonchev–Trinajstić information content (AvgIpc) is 2.82. The maximum absolute atomic E-state index is 13.3. The second-order valence-electron chi connectivity index (χ2n) is 9.17. The molecule has 1 spiro atoms. The molecule has 2 saturated heterocycles. The highest BCUT2D eigenvalue weighted by atomic mass is 16.5. The molecule has 2 aliphatic rings. The van der Waals surface area contributed by atoms with E-state index in [1.807, 2.05) is 30.3 Å². The fraction of sp³-hybridized carbons (Fsp3) is 0.640. The molecule has 2 unspecified atom stereocenters. The summed E-state index contributed by atoms with van der Waals surface area (Å²) in [6, 6.07) is 7.60. The van der Waals surface area contributed by atoms with Crippen molar-refractivity contribution >= 4 is 17.8 Å². The van der Waals surface area contributed by atoms with Crippen LogP contribution < -0.4 is 5.32 Å². The number of carboxylic acids is 1. The van der Waals surface area contributed by atoms with E-state index in [4.69, 9.17) is 9.47 Å². The number of rotatable bonds is 9. The second kappa shape index (κ2) is 11.6. The van der Waals surface area contributed by atoms with Crippen molar-refractivity contribution in [2.45, 2.75) is 70.5 Å². The van der Waals surface area contributed by atoms with Crippen LogP contribution in [0.5, 0.6) is 0 Å². The average molecular weight is 461 g/mol. The minimum atomic E-state index is -0.980. The number of carbonyl (C=O) groups excluding carboxylic acids is 2. The van der Waals surface area contributed by atoms with E-state index < -0.39 is 30.1 Å². The Bertz CT molecular complexity index is 808. The Kier molecular flexibility index (Phi) is 8.86. The van der Waals surface area contributed by atoms with Crippen molar-refractivity contribution < 1.29 is 29.0 Å². The normalized spacial score (nSPS) is 21.9. The Balaban J connectivity index is 1.66. The quantitative estimate of drug-likeness (QED) is 0.545. The molecule has 2 heterocycles. The monoisotopic (exact) mass is 460 g/mol. The first-order valence-corrected chi connectivity index (χ1v) is 11.9. The van der Waals surface area contributed by atoms with Crippen LogP contribution in [0.4, 0.5) is 0 Å². The number of piperidine rings is 1. The fourth-order valence-corrected chi connectivity index (χ4v) is 4.97. The molecule has 1 amide bonds. The van der Waals surface area contributed by atoms with Crippen LogP contribution in [-0.2, 0) is 30.3 Å². The van der Waals surface area contributed by atoms with Gasteiger partial charge in [0.05, 0.1) is 12.6 Å². The first-order chi connectivity index (χ1) is 15.8. The zero-order valence-corrected chi connectivity index (χ0v) is 19.6. The Morgan fingerprint density at radius 3 is 2.55 bits per heavy atom. The molecular weight excluding hydrogens is 424 g/mol. The van der Waals surface area contributed by atoms with Crippen molar-refractivity contribution in [1.29, 1.82) is 0 Å². The summed E-state index contributed by atoms with van der Waals surface area (Å²) < 4.78 is 10.7. The molecule has 0 saturated carbocycles. The number of esters is 1. The number of likely N-dealkylation sites (tertiary alicyclic amines) is 1. The maximum Gasteiger partial charge on any atom is 0.326 e. The number of hydrogen-bond donors (Lipinski definition) is 2. The van der Waals surface area contributed by atoms with Gasteiger partial charge in [0.1, 0.15) is 12.1 Å². The molecule has 0 aromatic heterocycles. The molecule has 2 fully saturated rings. The number of carboxylic acid groups (broad SMARTS) is 1. The lowest BCUT2D eigenvalue weighted by Gasteiger charge is -2.47. The SMILES string of the molecule is CCOC(=O)C(CCc1ccccc1)N[C@@H](C)C(=O)N1CCC2(CCOCC2)CC1C(=O)O. The molecule has 1 aromatic carbocycles. The molecule has 3 atom stereocenters. The van der Waals surface area contributed by atoms with Crippen molar-refractivity contribution in [3.05, 3.63) is 35.9 Å². The summed E-state index contributed by atoms with van der Waals surface area (Å²) in [5, 5.41) is 13.0. The van der Waals surface area contributed by atoms with Gasteiger partial charge in [-0.2, -0.15) is 0 Å².